The normalized spacial score (nSPS) is 21.9. The summed E-state index contributed by atoms with van der Waals surface area (Å²) in [5, 5.41) is 0. The van der Waals surface area contributed by atoms with Crippen LogP contribution in [0.3, 0.4) is 0 Å². The van der Waals surface area contributed by atoms with E-state index < -0.39 is 17.6 Å². The Morgan fingerprint density at radius 1 is 0.829 bits per heavy atom. The highest BCUT2D eigenvalue weighted by molar-refractivity contribution is 5.98. The number of morpholine rings is 1. The average molecular weight is 482 g/mol. The maximum atomic E-state index is 13.7. The molecule has 3 amide bonds. The van der Waals surface area contributed by atoms with E-state index in [1.807, 2.05) is 6.07 Å². The Labute approximate surface area is 203 Å². The van der Waals surface area contributed by atoms with Crippen molar-refractivity contribution in [1.82, 2.24) is 14.7 Å². The Morgan fingerprint density at radius 2 is 1.51 bits per heavy atom. The quantitative estimate of drug-likeness (QED) is 0.672. The number of hydrogen-bond donors (Lipinski definition) is 0. The van der Waals surface area contributed by atoms with E-state index in [1.54, 1.807) is 45.0 Å². The van der Waals surface area contributed by atoms with E-state index in [0.29, 0.717) is 57.8 Å². The van der Waals surface area contributed by atoms with E-state index in [-0.39, 0.29) is 29.9 Å². The van der Waals surface area contributed by atoms with Crippen molar-refractivity contribution in [3.8, 4) is 0 Å². The second-order valence-corrected chi connectivity index (χ2v) is 9.05. The summed E-state index contributed by atoms with van der Waals surface area (Å²) in [5.74, 6) is -1.14. The number of benzene rings is 2. The van der Waals surface area contributed by atoms with Gasteiger partial charge in [-0.2, -0.15) is 0 Å². The molecule has 3 aliphatic heterocycles. The standard InChI is InChI=1S/C26H28FN3O5/c27-21-8-4-7-20(17-21)23(31)28-11-9-26(10-12-28)30(24(32)19-5-2-1-3-6-19)22(18-35-26)25(33)29-13-15-34-16-14-29/h1-8,17,22H,9-16,18H2. The largest absolute Gasteiger partial charge is 0.378 e. The smallest absolute Gasteiger partial charge is 0.256 e. The third-order valence-corrected chi connectivity index (χ3v) is 7.01. The molecule has 2 aromatic carbocycles. The van der Waals surface area contributed by atoms with Gasteiger partial charge in [-0.3, -0.25) is 19.3 Å². The molecule has 0 radical (unpaired) electrons. The first-order valence-electron chi connectivity index (χ1n) is 11.9. The van der Waals surface area contributed by atoms with E-state index in [1.165, 1.54) is 18.2 Å². The van der Waals surface area contributed by atoms with Crippen LogP contribution < -0.4 is 0 Å². The van der Waals surface area contributed by atoms with Gasteiger partial charge in [0.1, 0.15) is 17.6 Å². The summed E-state index contributed by atoms with van der Waals surface area (Å²) < 4.78 is 25.3. The lowest BCUT2D eigenvalue weighted by Crippen LogP contribution is -2.60. The molecule has 1 unspecified atom stereocenters. The number of ether oxygens (including phenoxy) is 2. The zero-order valence-electron chi connectivity index (χ0n) is 19.4. The molecule has 8 nitrogen and oxygen atoms in total. The summed E-state index contributed by atoms with van der Waals surface area (Å²) in [7, 11) is 0. The summed E-state index contributed by atoms with van der Waals surface area (Å²) in [6.45, 7) is 2.64. The third-order valence-electron chi connectivity index (χ3n) is 7.01. The molecule has 3 heterocycles. The van der Waals surface area contributed by atoms with Gasteiger partial charge in [0.25, 0.3) is 11.8 Å². The number of halogens is 1. The van der Waals surface area contributed by atoms with Crippen molar-refractivity contribution < 1.29 is 28.2 Å². The highest BCUT2D eigenvalue weighted by atomic mass is 19.1. The van der Waals surface area contributed by atoms with E-state index in [0.717, 1.165) is 0 Å². The Balaban J connectivity index is 1.38. The molecule has 0 aromatic heterocycles. The molecule has 5 rings (SSSR count). The summed E-state index contributed by atoms with van der Waals surface area (Å²) in [4.78, 5) is 45.1. The van der Waals surface area contributed by atoms with Gasteiger partial charge in [0.2, 0.25) is 5.91 Å². The SMILES string of the molecule is O=C(c1cccc(F)c1)N1CCC2(CC1)OCC(C(=O)N1CCOCC1)N2C(=O)c1ccccc1. The molecule has 1 atom stereocenters. The van der Waals surface area contributed by atoms with Crippen LogP contribution in [0.1, 0.15) is 33.6 Å². The number of hydrogen-bond acceptors (Lipinski definition) is 5. The van der Waals surface area contributed by atoms with Crippen LogP contribution in [0.15, 0.2) is 54.6 Å². The zero-order chi connectivity index (χ0) is 24.4. The van der Waals surface area contributed by atoms with E-state index in [2.05, 4.69) is 0 Å². The van der Waals surface area contributed by atoms with Crippen LogP contribution in [0, 0.1) is 5.82 Å². The number of carbonyl (C=O) groups excluding carboxylic acids is 3. The molecule has 0 N–H and O–H groups in total. The van der Waals surface area contributed by atoms with Crippen LogP contribution >= 0.6 is 0 Å². The first kappa shape index (κ1) is 23.4. The second-order valence-electron chi connectivity index (χ2n) is 9.05. The minimum atomic E-state index is -0.988. The topological polar surface area (TPSA) is 79.4 Å². The number of amides is 3. The fourth-order valence-electron chi connectivity index (χ4n) is 5.13. The van der Waals surface area contributed by atoms with Gasteiger partial charge in [-0.15, -0.1) is 0 Å². The van der Waals surface area contributed by atoms with Gasteiger partial charge in [-0.25, -0.2) is 4.39 Å². The van der Waals surface area contributed by atoms with E-state index in [4.69, 9.17) is 9.47 Å². The summed E-state index contributed by atoms with van der Waals surface area (Å²) >= 11 is 0. The summed E-state index contributed by atoms with van der Waals surface area (Å²) in [6.07, 6.45) is 0.721. The Hall–Kier alpha value is -3.30. The molecular formula is C26H28FN3O5. The lowest BCUT2D eigenvalue weighted by atomic mass is 9.96. The van der Waals surface area contributed by atoms with Crippen molar-refractivity contribution in [3.63, 3.8) is 0 Å². The molecule has 35 heavy (non-hydrogen) atoms. The molecule has 0 saturated carbocycles. The first-order chi connectivity index (χ1) is 17.0. The average Bonchev–Trinajstić information content (AvgIpc) is 3.27. The number of carbonyl (C=O) groups is 3. The fraction of sp³-hybridized carbons (Fsp3) is 0.423. The minimum Gasteiger partial charge on any atom is -0.378 e. The van der Waals surface area contributed by atoms with Gasteiger partial charge >= 0.3 is 0 Å². The van der Waals surface area contributed by atoms with Crippen molar-refractivity contribution >= 4 is 17.7 Å². The highest BCUT2D eigenvalue weighted by Gasteiger charge is 2.55. The lowest BCUT2D eigenvalue weighted by molar-refractivity contribution is -0.141. The Morgan fingerprint density at radius 3 is 2.20 bits per heavy atom. The van der Waals surface area contributed by atoms with Crippen molar-refractivity contribution in [2.75, 3.05) is 46.0 Å². The Bertz CT molecular complexity index is 1100. The molecule has 0 aliphatic carbocycles. The third kappa shape index (κ3) is 4.53. The number of rotatable bonds is 3. The van der Waals surface area contributed by atoms with Crippen molar-refractivity contribution in [1.29, 1.82) is 0 Å². The predicted octanol–water partition coefficient (Wildman–Crippen LogP) is 2.16. The predicted molar refractivity (Wildman–Crippen MR) is 124 cm³/mol. The monoisotopic (exact) mass is 481 g/mol. The summed E-state index contributed by atoms with van der Waals surface area (Å²) in [5.41, 5.74) is -0.223. The minimum absolute atomic E-state index is 0.104. The Kier molecular flexibility index (Phi) is 6.53. The molecular weight excluding hydrogens is 453 g/mol. The molecule has 3 aliphatic rings. The first-order valence-corrected chi connectivity index (χ1v) is 11.9. The zero-order valence-corrected chi connectivity index (χ0v) is 19.4. The van der Waals surface area contributed by atoms with Gasteiger partial charge < -0.3 is 19.3 Å². The fourth-order valence-corrected chi connectivity index (χ4v) is 5.13. The maximum Gasteiger partial charge on any atom is 0.256 e. The van der Waals surface area contributed by atoms with Crippen LogP contribution in [0.5, 0.6) is 0 Å². The van der Waals surface area contributed by atoms with Crippen LogP contribution in [0.25, 0.3) is 0 Å². The van der Waals surface area contributed by atoms with Crippen LogP contribution in [-0.4, -0.2) is 90.2 Å². The van der Waals surface area contributed by atoms with Crippen molar-refractivity contribution in [2.45, 2.75) is 24.6 Å². The maximum absolute atomic E-state index is 13.7. The number of nitrogens with zero attached hydrogens (tertiary/aromatic N) is 3. The molecule has 2 aromatic rings. The number of piperidine rings is 1. The van der Waals surface area contributed by atoms with Crippen LogP contribution in [0.4, 0.5) is 4.39 Å². The number of likely N-dealkylation sites (tertiary alicyclic amines) is 1. The molecule has 3 saturated heterocycles. The molecule has 184 valence electrons. The molecule has 9 heteroatoms. The van der Waals surface area contributed by atoms with Crippen LogP contribution in [-0.2, 0) is 14.3 Å². The van der Waals surface area contributed by atoms with Crippen molar-refractivity contribution in [2.24, 2.45) is 0 Å². The molecule has 1 spiro atoms. The second kappa shape index (κ2) is 9.75. The van der Waals surface area contributed by atoms with E-state index >= 15 is 0 Å². The highest BCUT2D eigenvalue weighted by Crippen LogP contribution is 2.39. The van der Waals surface area contributed by atoms with Gasteiger partial charge in [0.15, 0.2) is 0 Å². The van der Waals surface area contributed by atoms with Gasteiger partial charge in [0.05, 0.1) is 19.8 Å². The van der Waals surface area contributed by atoms with Crippen LogP contribution in [0.2, 0.25) is 0 Å². The van der Waals surface area contributed by atoms with E-state index in [9.17, 15) is 18.8 Å². The lowest BCUT2D eigenvalue weighted by Gasteiger charge is -2.45. The molecule has 3 fully saturated rings. The summed E-state index contributed by atoms with van der Waals surface area (Å²) in [6, 6.07) is 13.7. The molecule has 0 bridgehead atoms. The van der Waals surface area contributed by atoms with Crippen molar-refractivity contribution in [3.05, 3.63) is 71.5 Å². The van der Waals surface area contributed by atoms with Gasteiger partial charge in [0, 0.05) is 50.1 Å². The van der Waals surface area contributed by atoms with Gasteiger partial charge in [-0.1, -0.05) is 24.3 Å². The van der Waals surface area contributed by atoms with Gasteiger partial charge in [-0.05, 0) is 30.3 Å².